The maximum absolute atomic E-state index is 11.4. The minimum atomic E-state index is -0.206. The fourth-order valence-electron chi connectivity index (χ4n) is 1.44. The quantitative estimate of drug-likeness (QED) is 0.785. The molecule has 0 spiro atoms. The van der Waals surface area contributed by atoms with Crippen molar-refractivity contribution < 1.29 is 9.53 Å². The third-order valence-corrected chi connectivity index (χ3v) is 4.00. The molecule has 0 aliphatic rings. The Morgan fingerprint density at radius 3 is 2.50 bits per heavy atom. The predicted molar refractivity (Wildman–Crippen MR) is 73.1 cm³/mol. The zero-order valence-corrected chi connectivity index (χ0v) is 12.7. The Hall–Kier alpha value is -1.17. The number of ether oxygens (including phenoxy) is 1. The Labute approximate surface area is 112 Å². The average Bonchev–Trinajstić information content (AvgIpc) is 2.76. The van der Waals surface area contributed by atoms with Crippen molar-refractivity contribution in [3.63, 3.8) is 0 Å². The Kier molecular flexibility index (Phi) is 4.67. The van der Waals surface area contributed by atoms with Gasteiger partial charge in [-0.2, -0.15) is 0 Å². The van der Waals surface area contributed by atoms with Crippen LogP contribution >= 0.6 is 11.3 Å². The van der Waals surface area contributed by atoms with E-state index in [1.54, 1.807) is 11.3 Å². The van der Waals surface area contributed by atoms with E-state index in [1.807, 2.05) is 18.9 Å². The van der Waals surface area contributed by atoms with Crippen LogP contribution in [0.25, 0.3) is 0 Å². The van der Waals surface area contributed by atoms with Crippen molar-refractivity contribution in [2.45, 2.75) is 33.1 Å². The largest absolute Gasteiger partial charge is 0.469 e. The summed E-state index contributed by atoms with van der Waals surface area (Å²) in [6.45, 7) is 8.73. The normalized spacial score (nSPS) is 13.2. The molecule has 0 amide bonds. The molecule has 0 aliphatic heterocycles. The van der Waals surface area contributed by atoms with E-state index in [1.165, 1.54) is 7.11 Å². The molecule has 0 N–H and O–H groups in total. The van der Waals surface area contributed by atoms with Crippen LogP contribution in [0.3, 0.4) is 0 Å². The van der Waals surface area contributed by atoms with E-state index in [9.17, 15) is 4.79 Å². The van der Waals surface area contributed by atoms with Crippen molar-refractivity contribution in [2.24, 2.45) is 5.92 Å². The van der Waals surface area contributed by atoms with Crippen LogP contribution in [0, 0.1) is 5.92 Å². The molecule has 102 valence electrons. The molecule has 1 rings (SSSR count). The van der Waals surface area contributed by atoms with Crippen LogP contribution in [0.5, 0.6) is 0 Å². The Bertz CT molecular complexity index is 412. The first-order chi connectivity index (χ1) is 8.25. The van der Waals surface area contributed by atoms with Crippen molar-refractivity contribution in [1.29, 1.82) is 0 Å². The molecule has 1 aromatic rings. The van der Waals surface area contributed by atoms with Crippen molar-refractivity contribution in [3.05, 3.63) is 5.01 Å². The van der Waals surface area contributed by atoms with Crippen molar-refractivity contribution in [3.8, 4) is 0 Å². The molecule has 1 heterocycles. The van der Waals surface area contributed by atoms with E-state index in [0.717, 1.165) is 10.1 Å². The third kappa shape index (κ3) is 3.66. The van der Waals surface area contributed by atoms with Gasteiger partial charge in [-0.3, -0.25) is 4.79 Å². The Morgan fingerprint density at radius 1 is 1.44 bits per heavy atom. The van der Waals surface area contributed by atoms with Crippen LogP contribution in [-0.2, 0) is 14.9 Å². The summed E-state index contributed by atoms with van der Waals surface area (Å²) in [6, 6.07) is 0. The maximum atomic E-state index is 11.4. The molecule has 6 heteroatoms. The highest BCUT2D eigenvalue weighted by Gasteiger charge is 2.22. The van der Waals surface area contributed by atoms with E-state index in [4.69, 9.17) is 4.74 Å². The molecular formula is C12H21N3O2S. The van der Waals surface area contributed by atoms with Gasteiger partial charge in [-0.25, -0.2) is 0 Å². The lowest BCUT2D eigenvalue weighted by molar-refractivity contribution is -0.144. The molecule has 18 heavy (non-hydrogen) atoms. The zero-order chi connectivity index (χ0) is 13.9. The minimum absolute atomic E-state index is 0.00468. The van der Waals surface area contributed by atoms with Gasteiger partial charge in [0.15, 0.2) is 0 Å². The zero-order valence-electron chi connectivity index (χ0n) is 11.9. The third-order valence-electron chi connectivity index (χ3n) is 2.53. The van der Waals surface area contributed by atoms with Crippen LogP contribution < -0.4 is 4.90 Å². The average molecular weight is 271 g/mol. The summed E-state index contributed by atoms with van der Waals surface area (Å²) in [6.07, 6.45) is 0. The lowest BCUT2D eigenvalue weighted by Gasteiger charge is -2.18. The number of carbonyl (C=O) groups excluding carboxylic acids is 1. The Balaban J connectivity index is 2.70. The molecule has 5 nitrogen and oxygen atoms in total. The molecule has 1 aromatic heterocycles. The standard InChI is InChI=1S/C12H21N3O2S/c1-8(9(16)17-6)7-15(5)11-14-13-10(18-11)12(2,3)4/h8H,7H2,1-6H3. The number of methoxy groups -OCH3 is 1. The van der Waals surface area contributed by atoms with Crippen molar-refractivity contribution in [1.82, 2.24) is 10.2 Å². The molecule has 0 saturated heterocycles. The first kappa shape index (κ1) is 14.9. The smallest absolute Gasteiger partial charge is 0.310 e. The van der Waals surface area contributed by atoms with Crippen LogP contribution in [0.4, 0.5) is 5.13 Å². The van der Waals surface area contributed by atoms with Crippen LogP contribution in [0.2, 0.25) is 0 Å². The van der Waals surface area contributed by atoms with Crippen molar-refractivity contribution in [2.75, 3.05) is 25.6 Å². The van der Waals surface area contributed by atoms with Gasteiger partial charge in [0.05, 0.1) is 13.0 Å². The van der Waals surface area contributed by atoms with Crippen LogP contribution in [0.1, 0.15) is 32.7 Å². The number of esters is 1. The number of hydrogen-bond acceptors (Lipinski definition) is 6. The van der Waals surface area contributed by atoms with E-state index >= 15 is 0 Å². The fourth-order valence-corrected chi connectivity index (χ4v) is 2.31. The van der Waals surface area contributed by atoms with Gasteiger partial charge in [0, 0.05) is 19.0 Å². The summed E-state index contributed by atoms with van der Waals surface area (Å²) in [4.78, 5) is 13.3. The van der Waals surface area contributed by atoms with E-state index in [-0.39, 0.29) is 17.3 Å². The predicted octanol–water partition coefficient (Wildman–Crippen LogP) is 2.08. The molecule has 1 atom stereocenters. The van der Waals surface area contributed by atoms with E-state index in [2.05, 4.69) is 31.0 Å². The highest BCUT2D eigenvalue weighted by atomic mass is 32.1. The molecule has 0 radical (unpaired) electrons. The number of hydrogen-bond donors (Lipinski definition) is 0. The summed E-state index contributed by atoms with van der Waals surface area (Å²) < 4.78 is 4.71. The number of rotatable bonds is 4. The van der Waals surface area contributed by atoms with Gasteiger partial charge in [0.25, 0.3) is 0 Å². The summed E-state index contributed by atoms with van der Waals surface area (Å²) in [5.74, 6) is -0.385. The van der Waals surface area contributed by atoms with Gasteiger partial charge in [-0.15, -0.1) is 10.2 Å². The van der Waals surface area contributed by atoms with Gasteiger partial charge in [0.1, 0.15) is 5.01 Å². The molecule has 0 saturated carbocycles. The first-order valence-corrected chi connectivity index (χ1v) is 6.70. The number of aromatic nitrogens is 2. The lowest BCUT2D eigenvalue weighted by Crippen LogP contribution is -2.29. The fraction of sp³-hybridized carbons (Fsp3) is 0.750. The van der Waals surface area contributed by atoms with Crippen LogP contribution in [-0.4, -0.2) is 36.9 Å². The monoisotopic (exact) mass is 271 g/mol. The summed E-state index contributed by atoms with van der Waals surface area (Å²) in [5.41, 5.74) is 0.00468. The summed E-state index contributed by atoms with van der Waals surface area (Å²) in [7, 11) is 3.31. The number of carbonyl (C=O) groups is 1. The topological polar surface area (TPSA) is 55.3 Å². The highest BCUT2D eigenvalue weighted by Crippen LogP contribution is 2.29. The maximum Gasteiger partial charge on any atom is 0.310 e. The Morgan fingerprint density at radius 2 is 2.06 bits per heavy atom. The van der Waals surface area contributed by atoms with Crippen LogP contribution in [0.15, 0.2) is 0 Å². The molecule has 0 fully saturated rings. The summed E-state index contributed by atoms with van der Waals surface area (Å²) >= 11 is 1.56. The molecule has 1 unspecified atom stereocenters. The molecule has 0 bridgehead atoms. The lowest BCUT2D eigenvalue weighted by atomic mass is 9.98. The van der Waals surface area contributed by atoms with Gasteiger partial charge < -0.3 is 9.64 Å². The second-order valence-corrected chi connectivity index (χ2v) is 6.40. The van der Waals surface area contributed by atoms with Gasteiger partial charge in [0.2, 0.25) is 5.13 Å². The highest BCUT2D eigenvalue weighted by molar-refractivity contribution is 7.15. The van der Waals surface area contributed by atoms with Crippen molar-refractivity contribution >= 4 is 22.4 Å². The first-order valence-electron chi connectivity index (χ1n) is 5.88. The second-order valence-electron chi connectivity index (χ2n) is 5.44. The van der Waals surface area contributed by atoms with E-state index < -0.39 is 0 Å². The number of anilines is 1. The molecular weight excluding hydrogens is 250 g/mol. The SMILES string of the molecule is COC(=O)C(C)CN(C)c1nnc(C(C)(C)C)s1. The van der Waals surface area contributed by atoms with E-state index in [0.29, 0.717) is 6.54 Å². The van der Waals surface area contributed by atoms with Gasteiger partial charge >= 0.3 is 5.97 Å². The summed E-state index contributed by atoms with van der Waals surface area (Å²) in [5, 5.41) is 10.2. The molecule has 0 aromatic carbocycles. The minimum Gasteiger partial charge on any atom is -0.469 e. The van der Waals surface area contributed by atoms with Gasteiger partial charge in [-0.05, 0) is 0 Å². The van der Waals surface area contributed by atoms with Gasteiger partial charge in [-0.1, -0.05) is 39.0 Å². The number of nitrogens with zero attached hydrogens (tertiary/aromatic N) is 3. The second kappa shape index (κ2) is 5.65. The molecule has 0 aliphatic carbocycles.